The SMILES string of the molecule is CCN(CCCc1ccc(OCc2ccccc2)cc1)C1CCCCC1. The van der Waals surface area contributed by atoms with Crippen molar-refractivity contribution in [1.29, 1.82) is 0 Å². The second kappa shape index (κ2) is 10.4. The maximum Gasteiger partial charge on any atom is 0.119 e. The Morgan fingerprint density at radius 1 is 0.885 bits per heavy atom. The van der Waals surface area contributed by atoms with Crippen LogP contribution in [0.3, 0.4) is 0 Å². The summed E-state index contributed by atoms with van der Waals surface area (Å²) >= 11 is 0. The van der Waals surface area contributed by atoms with Gasteiger partial charge < -0.3 is 9.64 Å². The molecule has 0 N–H and O–H groups in total. The summed E-state index contributed by atoms with van der Waals surface area (Å²) in [6.45, 7) is 5.37. The average molecular weight is 352 g/mol. The van der Waals surface area contributed by atoms with Crippen LogP contribution in [0.5, 0.6) is 5.75 Å². The lowest BCUT2D eigenvalue weighted by Crippen LogP contribution is -2.37. The molecule has 0 aliphatic heterocycles. The number of nitrogens with zero attached hydrogens (tertiary/aromatic N) is 1. The zero-order valence-corrected chi connectivity index (χ0v) is 16.2. The molecule has 0 unspecified atom stereocenters. The van der Waals surface area contributed by atoms with Crippen molar-refractivity contribution < 1.29 is 4.74 Å². The van der Waals surface area contributed by atoms with E-state index < -0.39 is 0 Å². The van der Waals surface area contributed by atoms with Gasteiger partial charge in [-0.25, -0.2) is 0 Å². The van der Waals surface area contributed by atoms with Crippen LogP contribution < -0.4 is 4.74 Å². The van der Waals surface area contributed by atoms with Gasteiger partial charge in [0.15, 0.2) is 0 Å². The van der Waals surface area contributed by atoms with Crippen molar-refractivity contribution in [3.63, 3.8) is 0 Å². The van der Waals surface area contributed by atoms with E-state index in [2.05, 4.69) is 60.4 Å². The lowest BCUT2D eigenvalue weighted by molar-refractivity contribution is 0.162. The molecule has 26 heavy (non-hydrogen) atoms. The Morgan fingerprint density at radius 3 is 2.31 bits per heavy atom. The van der Waals surface area contributed by atoms with Gasteiger partial charge in [0, 0.05) is 6.04 Å². The van der Waals surface area contributed by atoms with Crippen molar-refractivity contribution in [1.82, 2.24) is 4.90 Å². The van der Waals surface area contributed by atoms with Gasteiger partial charge in [0.2, 0.25) is 0 Å². The number of aryl methyl sites for hydroxylation is 1. The Morgan fingerprint density at radius 2 is 1.62 bits per heavy atom. The van der Waals surface area contributed by atoms with Crippen LogP contribution in [0.4, 0.5) is 0 Å². The van der Waals surface area contributed by atoms with E-state index >= 15 is 0 Å². The van der Waals surface area contributed by atoms with Gasteiger partial charge in [-0.15, -0.1) is 0 Å². The van der Waals surface area contributed by atoms with Crippen molar-refractivity contribution in [2.45, 2.75) is 64.5 Å². The summed E-state index contributed by atoms with van der Waals surface area (Å²) in [5, 5.41) is 0. The predicted molar refractivity (Wildman–Crippen MR) is 110 cm³/mol. The normalized spacial score (nSPS) is 15.3. The molecule has 1 fully saturated rings. The second-order valence-electron chi connectivity index (χ2n) is 7.44. The predicted octanol–water partition coefficient (Wildman–Crippen LogP) is 5.85. The van der Waals surface area contributed by atoms with Crippen molar-refractivity contribution in [2.75, 3.05) is 13.1 Å². The van der Waals surface area contributed by atoms with Crippen LogP contribution in [0.25, 0.3) is 0 Å². The molecule has 2 aromatic carbocycles. The molecule has 0 spiro atoms. The fourth-order valence-corrected chi connectivity index (χ4v) is 4.02. The lowest BCUT2D eigenvalue weighted by Gasteiger charge is -2.33. The third-order valence-corrected chi connectivity index (χ3v) is 5.58. The minimum absolute atomic E-state index is 0.632. The first kappa shape index (κ1) is 19.0. The standard InChI is InChI=1S/C24H33NO/c1-2-25(23-13-7-4-8-14-23)19-9-12-21-15-17-24(18-16-21)26-20-22-10-5-3-6-11-22/h3,5-6,10-11,15-18,23H,2,4,7-9,12-14,19-20H2,1H3. The lowest BCUT2D eigenvalue weighted by atomic mass is 9.94. The van der Waals surface area contributed by atoms with E-state index in [0.717, 1.165) is 18.2 Å². The molecule has 1 aliphatic carbocycles. The molecule has 1 aliphatic rings. The minimum atomic E-state index is 0.632. The van der Waals surface area contributed by atoms with Crippen LogP contribution in [-0.4, -0.2) is 24.0 Å². The topological polar surface area (TPSA) is 12.5 Å². The molecule has 140 valence electrons. The van der Waals surface area contributed by atoms with Gasteiger partial charge in [-0.3, -0.25) is 0 Å². The van der Waals surface area contributed by atoms with E-state index in [4.69, 9.17) is 4.74 Å². The zero-order valence-electron chi connectivity index (χ0n) is 16.2. The number of rotatable bonds is 9. The van der Waals surface area contributed by atoms with Crippen molar-refractivity contribution in [3.8, 4) is 5.75 Å². The molecule has 1 saturated carbocycles. The molecular formula is C24H33NO. The number of benzene rings is 2. The molecule has 0 bridgehead atoms. The summed E-state index contributed by atoms with van der Waals surface area (Å²) in [6.07, 6.45) is 9.49. The monoisotopic (exact) mass is 351 g/mol. The van der Waals surface area contributed by atoms with E-state index in [1.54, 1.807) is 0 Å². The van der Waals surface area contributed by atoms with E-state index in [0.29, 0.717) is 6.61 Å². The van der Waals surface area contributed by atoms with Crippen molar-refractivity contribution in [3.05, 3.63) is 65.7 Å². The second-order valence-corrected chi connectivity index (χ2v) is 7.44. The molecule has 2 heteroatoms. The molecule has 0 radical (unpaired) electrons. The molecule has 2 aromatic rings. The van der Waals surface area contributed by atoms with Crippen LogP contribution in [0.2, 0.25) is 0 Å². The van der Waals surface area contributed by atoms with E-state index in [1.165, 1.54) is 62.7 Å². The molecule has 0 atom stereocenters. The first-order valence-electron chi connectivity index (χ1n) is 10.3. The largest absolute Gasteiger partial charge is 0.489 e. The summed E-state index contributed by atoms with van der Waals surface area (Å²) in [6, 6.07) is 19.8. The Kier molecular flexibility index (Phi) is 7.57. The molecule has 0 heterocycles. The van der Waals surface area contributed by atoms with Gasteiger partial charge in [-0.2, -0.15) is 0 Å². The Bertz CT molecular complexity index is 616. The number of hydrogen-bond acceptors (Lipinski definition) is 2. The Labute approximate surface area is 159 Å². The fraction of sp³-hybridized carbons (Fsp3) is 0.500. The molecule has 0 aromatic heterocycles. The van der Waals surface area contributed by atoms with Gasteiger partial charge in [0.1, 0.15) is 12.4 Å². The minimum Gasteiger partial charge on any atom is -0.489 e. The number of ether oxygens (including phenoxy) is 1. The van der Waals surface area contributed by atoms with E-state index in [1.807, 2.05) is 6.07 Å². The zero-order chi connectivity index (χ0) is 18.0. The van der Waals surface area contributed by atoms with E-state index in [9.17, 15) is 0 Å². The van der Waals surface area contributed by atoms with E-state index in [-0.39, 0.29) is 0 Å². The van der Waals surface area contributed by atoms with Crippen LogP contribution >= 0.6 is 0 Å². The Hall–Kier alpha value is -1.80. The summed E-state index contributed by atoms with van der Waals surface area (Å²) in [5.41, 5.74) is 2.62. The van der Waals surface area contributed by atoms with Gasteiger partial charge in [-0.05, 0) is 62.0 Å². The van der Waals surface area contributed by atoms with Gasteiger partial charge >= 0.3 is 0 Å². The molecule has 0 saturated heterocycles. The van der Waals surface area contributed by atoms with Crippen LogP contribution in [0.15, 0.2) is 54.6 Å². The first-order valence-corrected chi connectivity index (χ1v) is 10.3. The summed E-state index contributed by atoms with van der Waals surface area (Å²) in [4.78, 5) is 2.70. The maximum atomic E-state index is 5.88. The van der Waals surface area contributed by atoms with Gasteiger partial charge in [0.25, 0.3) is 0 Å². The van der Waals surface area contributed by atoms with Crippen LogP contribution in [-0.2, 0) is 13.0 Å². The van der Waals surface area contributed by atoms with Crippen molar-refractivity contribution >= 4 is 0 Å². The molecule has 0 amide bonds. The third kappa shape index (κ3) is 5.88. The summed E-state index contributed by atoms with van der Waals surface area (Å²) in [7, 11) is 0. The third-order valence-electron chi connectivity index (χ3n) is 5.58. The van der Waals surface area contributed by atoms with Crippen LogP contribution in [0, 0.1) is 0 Å². The smallest absolute Gasteiger partial charge is 0.119 e. The summed E-state index contributed by atoms with van der Waals surface area (Å²) < 4.78 is 5.88. The first-order chi connectivity index (χ1) is 12.8. The molecule has 3 rings (SSSR count). The Balaban J connectivity index is 1.41. The highest BCUT2D eigenvalue weighted by atomic mass is 16.5. The average Bonchev–Trinajstić information content (AvgIpc) is 2.72. The number of hydrogen-bond donors (Lipinski definition) is 0. The van der Waals surface area contributed by atoms with Gasteiger partial charge in [0.05, 0.1) is 0 Å². The fourth-order valence-electron chi connectivity index (χ4n) is 4.02. The highest BCUT2D eigenvalue weighted by Gasteiger charge is 2.19. The maximum absolute atomic E-state index is 5.88. The van der Waals surface area contributed by atoms with Gasteiger partial charge in [-0.1, -0.05) is 68.7 Å². The summed E-state index contributed by atoms with van der Waals surface area (Å²) in [5.74, 6) is 0.954. The molecular weight excluding hydrogens is 318 g/mol. The quantitative estimate of drug-likeness (QED) is 0.561. The van der Waals surface area contributed by atoms with Crippen LogP contribution in [0.1, 0.15) is 56.6 Å². The molecule has 2 nitrogen and oxygen atoms in total. The highest BCUT2D eigenvalue weighted by Crippen LogP contribution is 2.23. The highest BCUT2D eigenvalue weighted by molar-refractivity contribution is 5.28. The van der Waals surface area contributed by atoms with Crippen molar-refractivity contribution in [2.24, 2.45) is 0 Å².